The summed E-state index contributed by atoms with van der Waals surface area (Å²) in [5.41, 5.74) is 10.5. The Morgan fingerprint density at radius 2 is 1.86 bits per heavy atom. The van der Waals surface area contributed by atoms with Crippen molar-refractivity contribution in [3.8, 4) is 22.4 Å². The van der Waals surface area contributed by atoms with Crippen LogP contribution in [0.1, 0.15) is 83.7 Å². The molecule has 1 saturated carbocycles. The second-order valence-electron chi connectivity index (χ2n) is 19.8. The van der Waals surface area contributed by atoms with E-state index >= 15 is 0 Å². The highest BCUT2D eigenvalue weighted by molar-refractivity contribution is 5.96. The number of fused-ring (bicyclic) bond motifs is 7. The zero-order valence-corrected chi connectivity index (χ0v) is 39.6. The number of hydrogen-bond donors (Lipinski definition) is 2. The second-order valence-corrected chi connectivity index (χ2v) is 19.8. The fourth-order valence-corrected chi connectivity index (χ4v) is 10.7. The number of hydrogen-bond acceptors (Lipinski definition) is 9. The number of rotatable bonds is 10. The predicted octanol–water partition coefficient (Wildman–Crippen LogP) is 6.26. The molecule has 14 heteroatoms. The van der Waals surface area contributed by atoms with E-state index in [0.717, 1.165) is 56.5 Å². The number of esters is 1. The van der Waals surface area contributed by atoms with E-state index in [9.17, 15) is 24.0 Å². The minimum absolute atomic E-state index is 0.0123. The molecule has 4 aromatic rings. The maximum atomic E-state index is 14.7. The van der Waals surface area contributed by atoms with Gasteiger partial charge in [-0.2, -0.15) is 0 Å². The molecule has 14 nitrogen and oxygen atoms in total. The van der Waals surface area contributed by atoms with E-state index in [1.54, 1.807) is 25.3 Å². The van der Waals surface area contributed by atoms with Crippen LogP contribution in [0.2, 0.25) is 0 Å². The van der Waals surface area contributed by atoms with Crippen molar-refractivity contribution in [3.63, 3.8) is 0 Å². The van der Waals surface area contributed by atoms with Gasteiger partial charge in [-0.1, -0.05) is 64.6 Å². The Labute approximate surface area is 388 Å². The fraction of sp³-hybridized carbons (Fsp3) is 0.500. The van der Waals surface area contributed by atoms with Crippen molar-refractivity contribution in [3.05, 3.63) is 90.3 Å². The number of hydrazine groups is 1. The summed E-state index contributed by atoms with van der Waals surface area (Å²) in [6, 6.07) is 15.9. The van der Waals surface area contributed by atoms with Crippen molar-refractivity contribution in [1.29, 1.82) is 0 Å². The zero-order chi connectivity index (χ0) is 47.2. The van der Waals surface area contributed by atoms with Gasteiger partial charge in [-0.3, -0.25) is 34.0 Å². The van der Waals surface area contributed by atoms with Crippen LogP contribution in [-0.2, 0) is 52.8 Å². The third kappa shape index (κ3) is 9.01. The van der Waals surface area contributed by atoms with Gasteiger partial charge < -0.3 is 29.2 Å². The SMILES string of the molecule is C=CC(=O)N1C[C@@H](C(=O)N(C)C(C(=O)N[C@H]2Cc3cccc(c3)-c3ccc4c(c3)c(c(-c3cccnc3[C@H](C)OC)n4CC)CC(C)(C)COC(=O)[C@@H]3CCCN(N3)C2=O)C(C)C)[C@H]2C[C@H]21. The first-order chi connectivity index (χ1) is 31.5. The molecule has 8 rings (SSSR count). The molecule has 2 aromatic carbocycles. The molecule has 2 N–H and O–H groups in total. The topological polar surface area (TPSA) is 155 Å². The molecule has 6 bridgehead atoms. The average molecular weight is 900 g/mol. The number of likely N-dealkylation sites (N-methyl/N-ethyl adjacent to an activating group) is 1. The van der Waals surface area contributed by atoms with Gasteiger partial charge in [0.2, 0.25) is 17.7 Å². The summed E-state index contributed by atoms with van der Waals surface area (Å²) in [4.78, 5) is 78.0. The third-order valence-corrected chi connectivity index (χ3v) is 14.2. The molecule has 1 unspecified atom stereocenters. The van der Waals surface area contributed by atoms with Crippen LogP contribution in [0.4, 0.5) is 0 Å². The summed E-state index contributed by atoms with van der Waals surface area (Å²) < 4.78 is 14.3. The van der Waals surface area contributed by atoms with E-state index in [2.05, 4.69) is 79.1 Å². The number of methoxy groups -OCH3 is 1. The number of likely N-dealkylation sites (tertiary alicyclic amines) is 1. The number of aromatic nitrogens is 2. The number of carbonyl (C=O) groups excluding carboxylic acids is 5. The monoisotopic (exact) mass is 899 g/mol. The largest absolute Gasteiger partial charge is 0.464 e. The van der Waals surface area contributed by atoms with Crippen LogP contribution in [0.3, 0.4) is 0 Å². The lowest BCUT2D eigenvalue weighted by molar-refractivity contribution is -0.155. The van der Waals surface area contributed by atoms with Crippen LogP contribution >= 0.6 is 0 Å². The third-order valence-electron chi connectivity index (χ3n) is 14.2. The smallest absolute Gasteiger partial charge is 0.324 e. The number of ether oxygens (including phenoxy) is 2. The van der Waals surface area contributed by atoms with E-state index in [1.807, 2.05) is 39.0 Å². The van der Waals surface area contributed by atoms with Gasteiger partial charge in [0.25, 0.3) is 5.91 Å². The van der Waals surface area contributed by atoms with Crippen LogP contribution < -0.4 is 10.7 Å². The highest BCUT2D eigenvalue weighted by Crippen LogP contribution is 2.49. The minimum Gasteiger partial charge on any atom is -0.464 e. The lowest BCUT2D eigenvalue weighted by Crippen LogP contribution is -2.62. The van der Waals surface area contributed by atoms with Gasteiger partial charge in [0.05, 0.1) is 30.0 Å². The van der Waals surface area contributed by atoms with Gasteiger partial charge in [-0.25, -0.2) is 5.43 Å². The van der Waals surface area contributed by atoms with Crippen LogP contribution in [0.25, 0.3) is 33.3 Å². The van der Waals surface area contributed by atoms with Crippen LogP contribution in [0.5, 0.6) is 0 Å². The zero-order valence-electron chi connectivity index (χ0n) is 39.6. The Bertz CT molecular complexity index is 2550. The van der Waals surface area contributed by atoms with Crippen LogP contribution in [-0.4, -0.2) is 112 Å². The maximum Gasteiger partial charge on any atom is 0.324 e. The molecule has 1 aliphatic carbocycles. The lowest BCUT2D eigenvalue weighted by Gasteiger charge is -2.37. The first-order valence-corrected chi connectivity index (χ1v) is 23.5. The molecule has 4 amide bonds. The Morgan fingerprint density at radius 1 is 1.09 bits per heavy atom. The molecule has 5 heterocycles. The number of cyclic esters (lactones) is 1. The number of aryl methyl sites for hydroxylation is 1. The molecule has 4 aliphatic rings. The second kappa shape index (κ2) is 18.8. The molecule has 350 valence electrons. The number of piperidine rings is 1. The summed E-state index contributed by atoms with van der Waals surface area (Å²) in [5, 5.41) is 5.60. The summed E-state index contributed by atoms with van der Waals surface area (Å²) in [5.74, 6) is -2.37. The van der Waals surface area contributed by atoms with E-state index in [4.69, 9.17) is 14.5 Å². The predicted molar refractivity (Wildman–Crippen MR) is 252 cm³/mol. The Kier molecular flexibility index (Phi) is 13.3. The van der Waals surface area contributed by atoms with Crippen molar-refractivity contribution in [2.75, 3.05) is 33.9 Å². The van der Waals surface area contributed by atoms with Crippen molar-refractivity contribution in [2.24, 2.45) is 23.2 Å². The summed E-state index contributed by atoms with van der Waals surface area (Å²) >= 11 is 0. The molecule has 0 spiro atoms. The van der Waals surface area contributed by atoms with Gasteiger partial charge >= 0.3 is 5.97 Å². The van der Waals surface area contributed by atoms with Gasteiger partial charge in [-0.15, -0.1) is 0 Å². The first kappa shape index (κ1) is 46.7. The Morgan fingerprint density at radius 3 is 2.59 bits per heavy atom. The molecular weight excluding hydrogens is 835 g/mol. The standard InChI is InChI=1S/C52H65N7O7/c1-10-44(60)58-28-39(37-26-43(37)58)49(62)56(8)46(30(3)4)48(61)54-41-24-32-15-12-16-33(23-32)34-19-20-42-36(25-34)38(47(57(42)11-2)35-17-13-21-53-45(35)31(5)65-9)27-52(6,7)29-66-51(64)40-18-14-22-59(55-40)50(41)63/h10,12-13,15-17,19-21,23,25,30-31,37,39-41,43,46,55H,1,11,14,18,22,24,26-29H2,2-9H3,(H,54,61)/t31-,37+,39+,40-,41-,43+,46?/m0/s1. The quantitative estimate of drug-likeness (QED) is 0.139. The number of nitrogens with zero attached hydrogens (tertiary/aromatic N) is 5. The van der Waals surface area contributed by atoms with Crippen molar-refractivity contribution in [2.45, 2.75) is 110 Å². The van der Waals surface area contributed by atoms with Gasteiger partial charge in [0, 0.05) is 74.3 Å². The molecule has 0 radical (unpaired) electrons. The first-order valence-electron chi connectivity index (χ1n) is 23.5. The number of pyridine rings is 1. The number of nitrogens with one attached hydrogen (secondary N) is 2. The van der Waals surface area contributed by atoms with Crippen molar-refractivity contribution >= 4 is 40.5 Å². The summed E-state index contributed by atoms with van der Waals surface area (Å²) in [7, 11) is 3.33. The maximum absolute atomic E-state index is 14.7. The van der Waals surface area contributed by atoms with Gasteiger partial charge in [-0.05, 0) is 104 Å². The molecule has 2 saturated heterocycles. The van der Waals surface area contributed by atoms with E-state index in [1.165, 1.54) is 16.0 Å². The molecular formula is C52H65N7O7. The minimum atomic E-state index is -1.05. The number of carbonyl (C=O) groups is 5. The van der Waals surface area contributed by atoms with Crippen molar-refractivity contribution in [1.82, 2.24) is 35.1 Å². The van der Waals surface area contributed by atoms with Crippen LogP contribution in [0.15, 0.2) is 73.4 Å². The Balaban J connectivity index is 1.17. The normalized spacial score (nSPS) is 23.7. The summed E-state index contributed by atoms with van der Waals surface area (Å²) in [6.45, 7) is 17.2. The molecule has 2 aromatic heterocycles. The van der Waals surface area contributed by atoms with Gasteiger partial charge in [0.15, 0.2) is 0 Å². The lowest BCUT2D eigenvalue weighted by atomic mass is 9.84. The fourth-order valence-electron chi connectivity index (χ4n) is 10.7. The summed E-state index contributed by atoms with van der Waals surface area (Å²) in [6.07, 6.45) is 5.33. The highest BCUT2D eigenvalue weighted by atomic mass is 16.5. The van der Waals surface area contributed by atoms with E-state index < -0.39 is 47.2 Å². The van der Waals surface area contributed by atoms with E-state index in [-0.39, 0.29) is 55.4 Å². The van der Waals surface area contributed by atoms with E-state index in [0.29, 0.717) is 32.4 Å². The average Bonchev–Trinajstić information content (AvgIpc) is 3.92. The molecule has 3 aliphatic heterocycles. The highest BCUT2D eigenvalue weighted by Gasteiger charge is 2.58. The molecule has 7 atom stereocenters. The number of amides is 4. The Hall–Kier alpha value is -5.86. The molecule has 66 heavy (non-hydrogen) atoms. The van der Waals surface area contributed by atoms with Crippen LogP contribution in [0, 0.1) is 23.2 Å². The molecule has 3 fully saturated rings. The van der Waals surface area contributed by atoms with Gasteiger partial charge in [0.1, 0.15) is 18.1 Å². The van der Waals surface area contributed by atoms with Crippen molar-refractivity contribution < 1.29 is 33.4 Å². The number of benzene rings is 2.